The number of thiophene rings is 1. The van der Waals surface area contributed by atoms with Gasteiger partial charge in [-0.2, -0.15) is 13.2 Å². The number of aromatic nitrogens is 1. The average Bonchev–Trinajstić information content (AvgIpc) is 3.35. The van der Waals surface area contributed by atoms with Gasteiger partial charge in [-0.25, -0.2) is 4.98 Å². The number of rotatable bonds is 5. The van der Waals surface area contributed by atoms with Gasteiger partial charge in [-0.05, 0) is 43.2 Å². The first-order chi connectivity index (χ1) is 14.3. The zero-order valence-electron chi connectivity index (χ0n) is 16.2. The Bertz CT molecular complexity index is 1080. The van der Waals surface area contributed by atoms with Gasteiger partial charge in [0.05, 0.1) is 0 Å². The number of ether oxygens (including phenoxy) is 2. The van der Waals surface area contributed by atoms with Crippen molar-refractivity contribution in [2.45, 2.75) is 32.5 Å². The lowest BCUT2D eigenvalue weighted by atomic mass is 10.2. The SMILES string of the molecule is CC(=O)Oc1csc2cc(OCc3ccc(C(F)(F)F)nc3N3CCCC3)ccc12. The van der Waals surface area contributed by atoms with Crippen LogP contribution in [0.3, 0.4) is 0 Å². The third-order valence-corrected chi connectivity index (χ3v) is 5.74. The molecule has 5 nitrogen and oxygen atoms in total. The predicted octanol–water partition coefficient (Wildman–Crippen LogP) is 5.42. The fourth-order valence-corrected chi connectivity index (χ4v) is 4.31. The highest BCUT2D eigenvalue weighted by Gasteiger charge is 2.34. The second-order valence-corrected chi connectivity index (χ2v) is 7.92. The third-order valence-electron chi connectivity index (χ3n) is 4.81. The van der Waals surface area contributed by atoms with Crippen molar-refractivity contribution < 1.29 is 27.4 Å². The molecule has 3 heterocycles. The fourth-order valence-electron chi connectivity index (χ4n) is 3.42. The van der Waals surface area contributed by atoms with Crippen molar-refractivity contribution in [3.63, 3.8) is 0 Å². The Morgan fingerprint density at radius 2 is 1.97 bits per heavy atom. The number of benzene rings is 1. The Hall–Kier alpha value is -2.81. The fraction of sp³-hybridized carbons (Fsp3) is 0.333. The van der Waals surface area contributed by atoms with Gasteiger partial charge < -0.3 is 14.4 Å². The summed E-state index contributed by atoms with van der Waals surface area (Å²) >= 11 is 1.42. The Balaban J connectivity index is 1.56. The molecule has 0 atom stereocenters. The van der Waals surface area contributed by atoms with Crippen LogP contribution in [0, 0.1) is 0 Å². The normalized spacial score (nSPS) is 14.3. The highest BCUT2D eigenvalue weighted by Crippen LogP contribution is 2.36. The van der Waals surface area contributed by atoms with Crippen LogP contribution in [-0.2, 0) is 17.6 Å². The van der Waals surface area contributed by atoms with E-state index in [-0.39, 0.29) is 12.6 Å². The van der Waals surface area contributed by atoms with Crippen molar-refractivity contribution in [3.05, 3.63) is 47.0 Å². The molecule has 0 spiro atoms. The van der Waals surface area contributed by atoms with E-state index in [4.69, 9.17) is 9.47 Å². The van der Waals surface area contributed by atoms with Gasteiger partial charge in [-0.1, -0.05) is 0 Å². The molecule has 0 radical (unpaired) electrons. The van der Waals surface area contributed by atoms with Gasteiger partial charge in [0, 0.05) is 41.0 Å². The summed E-state index contributed by atoms with van der Waals surface area (Å²) in [6.07, 6.45) is -2.63. The molecule has 0 amide bonds. The minimum atomic E-state index is -4.49. The number of carbonyl (C=O) groups is 1. The van der Waals surface area contributed by atoms with Crippen LogP contribution >= 0.6 is 11.3 Å². The summed E-state index contributed by atoms with van der Waals surface area (Å²) in [4.78, 5) is 17.0. The molecule has 158 valence electrons. The van der Waals surface area contributed by atoms with E-state index in [9.17, 15) is 18.0 Å². The number of hydrogen-bond donors (Lipinski definition) is 0. The van der Waals surface area contributed by atoms with Crippen LogP contribution in [0.1, 0.15) is 31.0 Å². The standard InChI is InChI=1S/C21H19F3N2O3S/c1-13(27)29-17-12-30-18-10-15(5-6-16(17)18)28-11-14-4-7-19(21(22,23)24)25-20(14)26-8-2-3-9-26/h4-7,10,12H,2-3,8-9,11H2,1H3. The number of alkyl halides is 3. The van der Waals surface area contributed by atoms with Crippen molar-refractivity contribution in [2.75, 3.05) is 18.0 Å². The molecule has 0 unspecified atom stereocenters. The molecule has 2 aromatic heterocycles. The number of pyridine rings is 1. The molecule has 0 saturated carbocycles. The molecular weight excluding hydrogens is 417 g/mol. The number of hydrogen-bond acceptors (Lipinski definition) is 6. The minimum absolute atomic E-state index is 0.102. The zero-order valence-corrected chi connectivity index (χ0v) is 17.0. The Morgan fingerprint density at radius 3 is 2.67 bits per heavy atom. The van der Waals surface area contributed by atoms with E-state index in [0.717, 1.165) is 29.0 Å². The Labute approximate surface area is 175 Å². The van der Waals surface area contributed by atoms with E-state index in [2.05, 4.69) is 4.98 Å². The smallest absolute Gasteiger partial charge is 0.433 e. The molecule has 3 aromatic rings. The zero-order chi connectivity index (χ0) is 21.3. The van der Waals surface area contributed by atoms with Gasteiger partial charge in [0.15, 0.2) is 0 Å². The predicted molar refractivity (Wildman–Crippen MR) is 108 cm³/mol. The Kier molecular flexibility index (Phi) is 5.55. The monoisotopic (exact) mass is 436 g/mol. The van der Waals surface area contributed by atoms with E-state index in [1.807, 2.05) is 11.0 Å². The summed E-state index contributed by atoms with van der Waals surface area (Å²) in [7, 11) is 0. The van der Waals surface area contributed by atoms with E-state index < -0.39 is 11.9 Å². The first-order valence-corrected chi connectivity index (χ1v) is 10.3. The first-order valence-electron chi connectivity index (χ1n) is 9.46. The summed E-state index contributed by atoms with van der Waals surface area (Å²) in [6, 6.07) is 7.79. The second kappa shape index (κ2) is 8.14. The highest BCUT2D eigenvalue weighted by molar-refractivity contribution is 7.17. The van der Waals surface area contributed by atoms with Crippen LogP contribution in [0.25, 0.3) is 10.1 Å². The second-order valence-electron chi connectivity index (χ2n) is 7.01. The van der Waals surface area contributed by atoms with Gasteiger partial charge in [0.25, 0.3) is 0 Å². The van der Waals surface area contributed by atoms with Crippen molar-refractivity contribution in [3.8, 4) is 11.5 Å². The van der Waals surface area contributed by atoms with E-state index in [1.54, 1.807) is 17.5 Å². The maximum atomic E-state index is 13.1. The summed E-state index contributed by atoms with van der Waals surface area (Å²) in [5, 5.41) is 2.55. The molecule has 1 aliphatic heterocycles. The molecule has 4 rings (SSSR count). The van der Waals surface area contributed by atoms with E-state index in [0.29, 0.717) is 36.0 Å². The van der Waals surface area contributed by atoms with Crippen LogP contribution in [0.15, 0.2) is 35.7 Å². The number of anilines is 1. The molecule has 0 N–H and O–H groups in total. The van der Waals surface area contributed by atoms with Crippen molar-refractivity contribution in [1.82, 2.24) is 4.98 Å². The summed E-state index contributed by atoms with van der Waals surface area (Å²) in [5.74, 6) is 1.01. The third kappa shape index (κ3) is 4.35. The largest absolute Gasteiger partial charge is 0.489 e. The molecule has 9 heteroatoms. The maximum absolute atomic E-state index is 13.1. The summed E-state index contributed by atoms with van der Waals surface area (Å²) in [6.45, 7) is 2.81. The quantitative estimate of drug-likeness (QED) is 0.500. The lowest BCUT2D eigenvalue weighted by Gasteiger charge is -2.21. The summed E-state index contributed by atoms with van der Waals surface area (Å²) in [5.41, 5.74) is -0.289. The van der Waals surface area contributed by atoms with Crippen molar-refractivity contribution in [2.24, 2.45) is 0 Å². The van der Waals surface area contributed by atoms with E-state index >= 15 is 0 Å². The minimum Gasteiger partial charge on any atom is -0.489 e. The lowest BCUT2D eigenvalue weighted by Crippen LogP contribution is -2.23. The molecule has 0 aliphatic carbocycles. The first kappa shape index (κ1) is 20.5. The van der Waals surface area contributed by atoms with Gasteiger partial charge >= 0.3 is 12.1 Å². The molecule has 0 bridgehead atoms. The van der Waals surface area contributed by atoms with Crippen LogP contribution < -0.4 is 14.4 Å². The van der Waals surface area contributed by atoms with Gasteiger partial charge in [0.2, 0.25) is 0 Å². The van der Waals surface area contributed by atoms with E-state index in [1.165, 1.54) is 24.3 Å². The van der Waals surface area contributed by atoms with Crippen molar-refractivity contribution >= 4 is 33.2 Å². The molecule has 30 heavy (non-hydrogen) atoms. The number of nitrogens with zero attached hydrogens (tertiary/aromatic N) is 2. The van der Waals surface area contributed by atoms with Gasteiger partial charge in [-0.15, -0.1) is 11.3 Å². The molecule has 1 aliphatic rings. The molecular formula is C21H19F3N2O3S. The number of esters is 1. The van der Waals surface area contributed by atoms with Crippen molar-refractivity contribution in [1.29, 1.82) is 0 Å². The van der Waals surface area contributed by atoms with Crippen LogP contribution in [-0.4, -0.2) is 24.0 Å². The van der Waals surface area contributed by atoms with Crippen LogP contribution in [0.5, 0.6) is 11.5 Å². The number of fused-ring (bicyclic) bond motifs is 1. The maximum Gasteiger partial charge on any atom is 0.433 e. The van der Waals surface area contributed by atoms with Gasteiger partial charge in [-0.3, -0.25) is 4.79 Å². The van der Waals surface area contributed by atoms with Crippen LogP contribution in [0.4, 0.5) is 19.0 Å². The summed E-state index contributed by atoms with van der Waals surface area (Å²) < 4.78 is 51.3. The molecule has 1 fully saturated rings. The van der Waals surface area contributed by atoms with Gasteiger partial charge in [0.1, 0.15) is 29.6 Å². The molecule has 1 aromatic carbocycles. The number of halogens is 3. The number of carbonyl (C=O) groups excluding carboxylic acids is 1. The highest BCUT2D eigenvalue weighted by atomic mass is 32.1. The Morgan fingerprint density at radius 1 is 1.20 bits per heavy atom. The van der Waals surface area contributed by atoms with Crippen LogP contribution in [0.2, 0.25) is 0 Å². The lowest BCUT2D eigenvalue weighted by molar-refractivity contribution is -0.141. The molecule has 1 saturated heterocycles. The topological polar surface area (TPSA) is 51.7 Å². The average molecular weight is 436 g/mol.